The van der Waals surface area contributed by atoms with Crippen LogP contribution in [-0.4, -0.2) is 19.9 Å². The van der Waals surface area contributed by atoms with Crippen molar-refractivity contribution in [2.45, 2.75) is 20.0 Å². The van der Waals surface area contributed by atoms with Gasteiger partial charge in [-0.25, -0.2) is 19.9 Å². The van der Waals surface area contributed by atoms with E-state index in [1.165, 1.54) is 17.5 Å². The predicted molar refractivity (Wildman–Crippen MR) is 78.7 cm³/mol. The van der Waals surface area contributed by atoms with Crippen LogP contribution in [0.25, 0.3) is 21.5 Å². The summed E-state index contributed by atoms with van der Waals surface area (Å²) >= 11 is 2.35. The van der Waals surface area contributed by atoms with Gasteiger partial charge < -0.3 is 0 Å². The highest BCUT2D eigenvalue weighted by Gasteiger charge is 2.34. The van der Waals surface area contributed by atoms with E-state index in [4.69, 9.17) is 0 Å². The lowest BCUT2D eigenvalue weighted by Crippen LogP contribution is -2.05. The van der Waals surface area contributed by atoms with Crippen LogP contribution in [0.2, 0.25) is 0 Å². The molecule has 4 nitrogen and oxygen atoms in total. The van der Waals surface area contributed by atoms with Gasteiger partial charge in [0.15, 0.2) is 16.5 Å². The van der Waals surface area contributed by atoms with Crippen molar-refractivity contribution in [1.82, 2.24) is 19.9 Å². The Morgan fingerprint density at radius 1 is 1.05 bits per heavy atom. The molecule has 0 spiro atoms. The maximum absolute atomic E-state index is 12.6. The van der Waals surface area contributed by atoms with E-state index < -0.39 is 11.9 Å². The van der Waals surface area contributed by atoms with E-state index in [-0.39, 0.29) is 10.8 Å². The molecule has 3 rings (SSSR count). The van der Waals surface area contributed by atoms with Gasteiger partial charge in [-0.2, -0.15) is 13.2 Å². The fraction of sp³-hybridized carbons (Fsp3) is 0.231. The van der Waals surface area contributed by atoms with E-state index in [9.17, 15) is 13.2 Å². The molecule has 0 atom stereocenters. The Morgan fingerprint density at radius 3 is 2.41 bits per heavy atom. The van der Waals surface area contributed by atoms with Crippen molar-refractivity contribution in [2.24, 2.45) is 0 Å². The molecule has 0 aliphatic heterocycles. The molecule has 0 fully saturated rings. The fourth-order valence-electron chi connectivity index (χ4n) is 1.67. The standard InChI is InChI=1S/C13H9F3N4S2/c1-6-7(2)22-11(18-6)8-3-4-17-10(19-8)12-20-9(5-21-12)13(14,15)16/h3-5H,1-2H3. The van der Waals surface area contributed by atoms with Crippen LogP contribution in [0.4, 0.5) is 13.2 Å². The lowest BCUT2D eigenvalue weighted by atomic mass is 10.4. The van der Waals surface area contributed by atoms with Crippen LogP contribution in [0.1, 0.15) is 16.3 Å². The average molecular weight is 342 g/mol. The van der Waals surface area contributed by atoms with Crippen molar-refractivity contribution in [1.29, 1.82) is 0 Å². The van der Waals surface area contributed by atoms with Crippen molar-refractivity contribution >= 4 is 22.7 Å². The first-order chi connectivity index (χ1) is 10.3. The molecular formula is C13H9F3N4S2. The fourth-order valence-corrected chi connectivity index (χ4v) is 3.32. The predicted octanol–water partition coefficient (Wildman–Crippen LogP) is 4.36. The number of aromatic nitrogens is 4. The van der Waals surface area contributed by atoms with Gasteiger partial charge in [-0.3, -0.25) is 0 Å². The van der Waals surface area contributed by atoms with Crippen molar-refractivity contribution in [3.05, 3.63) is 33.9 Å². The van der Waals surface area contributed by atoms with E-state index in [0.29, 0.717) is 10.7 Å². The highest BCUT2D eigenvalue weighted by molar-refractivity contribution is 7.15. The average Bonchev–Trinajstić information content (AvgIpc) is 3.07. The summed E-state index contributed by atoms with van der Waals surface area (Å²) in [4.78, 5) is 17.3. The van der Waals surface area contributed by atoms with Gasteiger partial charge in [-0.05, 0) is 19.9 Å². The van der Waals surface area contributed by atoms with Gasteiger partial charge in [-0.15, -0.1) is 22.7 Å². The highest BCUT2D eigenvalue weighted by atomic mass is 32.1. The Kier molecular flexibility index (Phi) is 3.69. The normalized spacial score (nSPS) is 11.9. The zero-order valence-corrected chi connectivity index (χ0v) is 13.1. The van der Waals surface area contributed by atoms with Crippen LogP contribution in [0.15, 0.2) is 17.6 Å². The quantitative estimate of drug-likeness (QED) is 0.694. The van der Waals surface area contributed by atoms with Gasteiger partial charge in [0.2, 0.25) is 0 Å². The summed E-state index contributed by atoms with van der Waals surface area (Å²) in [5, 5.41) is 1.81. The lowest BCUT2D eigenvalue weighted by molar-refractivity contribution is -0.140. The number of halogens is 3. The minimum absolute atomic E-state index is 0.138. The summed E-state index contributed by atoms with van der Waals surface area (Å²) in [6, 6.07) is 1.68. The maximum atomic E-state index is 12.6. The topological polar surface area (TPSA) is 51.6 Å². The molecule has 0 aromatic carbocycles. The monoisotopic (exact) mass is 342 g/mol. The Balaban J connectivity index is 1.99. The molecule has 0 saturated heterocycles. The van der Waals surface area contributed by atoms with Crippen molar-refractivity contribution in [2.75, 3.05) is 0 Å². The largest absolute Gasteiger partial charge is 0.434 e. The summed E-state index contributed by atoms with van der Waals surface area (Å²) in [6.45, 7) is 3.85. The molecule has 0 radical (unpaired) electrons. The van der Waals surface area contributed by atoms with Crippen LogP contribution in [0.5, 0.6) is 0 Å². The van der Waals surface area contributed by atoms with Crippen LogP contribution in [0.3, 0.4) is 0 Å². The molecule has 3 heterocycles. The summed E-state index contributed by atoms with van der Waals surface area (Å²) in [5.41, 5.74) is 0.561. The second-order valence-corrected chi connectivity index (χ2v) is 6.52. The molecule has 114 valence electrons. The van der Waals surface area contributed by atoms with Crippen molar-refractivity contribution in [3.8, 4) is 21.5 Å². The summed E-state index contributed by atoms with van der Waals surface area (Å²) in [5.74, 6) is 0.170. The second kappa shape index (κ2) is 5.40. The first-order valence-corrected chi connectivity index (χ1v) is 7.85. The molecule has 0 aliphatic carbocycles. The van der Waals surface area contributed by atoms with E-state index >= 15 is 0 Å². The van der Waals surface area contributed by atoms with E-state index in [1.807, 2.05) is 13.8 Å². The third-order valence-corrected chi connectivity index (χ3v) is 4.82. The van der Waals surface area contributed by atoms with Crippen LogP contribution in [-0.2, 0) is 6.18 Å². The van der Waals surface area contributed by atoms with Crippen molar-refractivity contribution in [3.63, 3.8) is 0 Å². The molecule has 0 aliphatic rings. The molecule has 0 bridgehead atoms. The Bertz CT molecular complexity index is 803. The molecule has 9 heteroatoms. The number of hydrogen-bond donors (Lipinski definition) is 0. The number of nitrogens with zero attached hydrogens (tertiary/aromatic N) is 4. The Labute approximate surface area is 131 Å². The first-order valence-electron chi connectivity index (χ1n) is 6.15. The smallest absolute Gasteiger partial charge is 0.239 e. The molecule has 22 heavy (non-hydrogen) atoms. The van der Waals surface area contributed by atoms with Gasteiger partial charge in [-0.1, -0.05) is 0 Å². The van der Waals surface area contributed by atoms with Crippen LogP contribution < -0.4 is 0 Å². The molecule has 0 unspecified atom stereocenters. The summed E-state index contributed by atoms with van der Waals surface area (Å²) in [7, 11) is 0. The first kappa shape index (κ1) is 15.0. The highest BCUT2D eigenvalue weighted by Crippen LogP contribution is 2.33. The Morgan fingerprint density at radius 2 is 1.82 bits per heavy atom. The van der Waals surface area contributed by atoms with Gasteiger partial charge >= 0.3 is 6.18 Å². The number of alkyl halides is 3. The van der Waals surface area contributed by atoms with Gasteiger partial charge in [0, 0.05) is 16.5 Å². The summed E-state index contributed by atoms with van der Waals surface area (Å²) < 4.78 is 37.8. The van der Waals surface area contributed by atoms with Gasteiger partial charge in [0.25, 0.3) is 0 Å². The molecule has 3 aromatic rings. The Hall–Kier alpha value is -1.87. The zero-order valence-electron chi connectivity index (χ0n) is 11.5. The van der Waals surface area contributed by atoms with Crippen molar-refractivity contribution < 1.29 is 13.2 Å². The number of hydrogen-bond acceptors (Lipinski definition) is 6. The summed E-state index contributed by atoms with van der Waals surface area (Å²) in [6.07, 6.45) is -2.96. The number of rotatable bonds is 2. The van der Waals surface area contributed by atoms with Gasteiger partial charge in [0.05, 0.1) is 5.69 Å². The molecule has 0 saturated carbocycles. The molecular weight excluding hydrogens is 333 g/mol. The third-order valence-electron chi connectivity index (χ3n) is 2.89. The molecule has 0 N–H and O–H groups in total. The second-order valence-electron chi connectivity index (χ2n) is 4.46. The number of aryl methyl sites for hydroxylation is 2. The maximum Gasteiger partial charge on any atom is 0.434 e. The zero-order chi connectivity index (χ0) is 15.9. The van der Waals surface area contributed by atoms with E-state index in [2.05, 4.69) is 19.9 Å². The van der Waals surface area contributed by atoms with E-state index in [1.54, 1.807) is 6.07 Å². The molecule has 3 aromatic heterocycles. The van der Waals surface area contributed by atoms with Gasteiger partial charge in [0.1, 0.15) is 10.7 Å². The van der Waals surface area contributed by atoms with E-state index in [0.717, 1.165) is 27.3 Å². The minimum Gasteiger partial charge on any atom is -0.239 e. The molecule has 0 amide bonds. The van der Waals surface area contributed by atoms with Crippen LogP contribution >= 0.6 is 22.7 Å². The number of thiazole rings is 2. The van der Waals surface area contributed by atoms with Crippen LogP contribution in [0, 0.1) is 13.8 Å². The lowest BCUT2D eigenvalue weighted by Gasteiger charge is -2.00. The SMILES string of the molecule is Cc1nc(-c2ccnc(-c3nc(C(F)(F)F)cs3)n2)sc1C. The minimum atomic E-state index is -4.46. The third kappa shape index (κ3) is 2.86.